The molecule has 0 aliphatic carbocycles. The largest absolute Gasteiger partial charge is 0.493 e. The predicted octanol–water partition coefficient (Wildman–Crippen LogP) is 2.70. The number of benzene rings is 2. The van der Waals surface area contributed by atoms with Gasteiger partial charge in [-0.3, -0.25) is 4.79 Å². The summed E-state index contributed by atoms with van der Waals surface area (Å²) >= 11 is 0. The first-order valence-electron chi connectivity index (χ1n) is 7.48. The molecule has 0 aromatic heterocycles. The Morgan fingerprint density at radius 2 is 1.79 bits per heavy atom. The maximum atomic E-state index is 12.6. The van der Waals surface area contributed by atoms with Gasteiger partial charge in [0.1, 0.15) is 0 Å². The lowest BCUT2D eigenvalue weighted by Crippen LogP contribution is -2.26. The zero-order valence-electron chi connectivity index (χ0n) is 13.9. The smallest absolute Gasteiger partial charge is 0.254 e. The Morgan fingerprint density at radius 3 is 2.54 bits per heavy atom. The van der Waals surface area contributed by atoms with E-state index in [4.69, 9.17) is 18.9 Å². The Hall–Kier alpha value is -2.89. The van der Waals surface area contributed by atoms with Gasteiger partial charge in [-0.05, 0) is 35.9 Å². The van der Waals surface area contributed by atoms with Gasteiger partial charge in [-0.2, -0.15) is 0 Å². The lowest BCUT2D eigenvalue weighted by molar-refractivity contribution is 0.0784. The van der Waals surface area contributed by atoms with E-state index < -0.39 is 0 Å². The average molecular weight is 329 g/mol. The van der Waals surface area contributed by atoms with Gasteiger partial charge in [0.2, 0.25) is 6.79 Å². The Bertz CT molecular complexity index is 759. The van der Waals surface area contributed by atoms with Gasteiger partial charge in [0.25, 0.3) is 5.91 Å². The van der Waals surface area contributed by atoms with E-state index in [-0.39, 0.29) is 12.7 Å². The van der Waals surface area contributed by atoms with E-state index in [0.29, 0.717) is 29.4 Å². The van der Waals surface area contributed by atoms with E-state index >= 15 is 0 Å². The van der Waals surface area contributed by atoms with Crippen LogP contribution in [0, 0.1) is 0 Å². The first-order chi connectivity index (χ1) is 11.6. The van der Waals surface area contributed by atoms with Crippen LogP contribution in [0.1, 0.15) is 15.9 Å². The Labute approximate surface area is 140 Å². The van der Waals surface area contributed by atoms with Gasteiger partial charge in [0.05, 0.1) is 14.2 Å². The Kier molecular flexibility index (Phi) is 4.46. The molecule has 0 saturated carbocycles. The maximum absolute atomic E-state index is 12.6. The predicted molar refractivity (Wildman–Crippen MR) is 87.9 cm³/mol. The quantitative estimate of drug-likeness (QED) is 0.844. The second kappa shape index (κ2) is 6.70. The summed E-state index contributed by atoms with van der Waals surface area (Å²) in [5.74, 6) is 2.45. The molecular formula is C18H19NO5. The van der Waals surface area contributed by atoms with Crippen molar-refractivity contribution >= 4 is 5.91 Å². The van der Waals surface area contributed by atoms with Crippen molar-refractivity contribution in [2.45, 2.75) is 6.54 Å². The van der Waals surface area contributed by atoms with Crippen LogP contribution in [0.5, 0.6) is 23.0 Å². The summed E-state index contributed by atoms with van der Waals surface area (Å²) < 4.78 is 21.1. The summed E-state index contributed by atoms with van der Waals surface area (Å²) in [4.78, 5) is 14.3. The molecule has 126 valence electrons. The molecule has 1 heterocycles. The second-order valence-corrected chi connectivity index (χ2v) is 5.42. The summed E-state index contributed by atoms with van der Waals surface area (Å²) in [6, 6.07) is 10.8. The third kappa shape index (κ3) is 3.08. The van der Waals surface area contributed by atoms with Crippen LogP contribution in [-0.4, -0.2) is 38.9 Å². The number of hydrogen-bond donors (Lipinski definition) is 0. The summed E-state index contributed by atoms with van der Waals surface area (Å²) in [7, 11) is 4.86. The molecule has 1 amide bonds. The van der Waals surface area contributed by atoms with E-state index in [9.17, 15) is 4.79 Å². The lowest BCUT2D eigenvalue weighted by atomic mass is 10.1. The molecule has 1 aliphatic rings. The summed E-state index contributed by atoms with van der Waals surface area (Å²) in [6.45, 7) is 0.697. The minimum Gasteiger partial charge on any atom is -0.493 e. The molecule has 0 unspecified atom stereocenters. The fourth-order valence-corrected chi connectivity index (χ4v) is 2.57. The molecule has 0 N–H and O–H groups in total. The van der Waals surface area contributed by atoms with Crippen molar-refractivity contribution in [2.75, 3.05) is 28.1 Å². The van der Waals surface area contributed by atoms with Crippen molar-refractivity contribution in [2.24, 2.45) is 0 Å². The van der Waals surface area contributed by atoms with E-state index in [1.807, 2.05) is 18.2 Å². The molecule has 2 aromatic carbocycles. The van der Waals surface area contributed by atoms with Crippen LogP contribution < -0.4 is 18.9 Å². The normalized spacial score (nSPS) is 12.0. The number of nitrogens with zero attached hydrogens (tertiary/aromatic N) is 1. The zero-order valence-corrected chi connectivity index (χ0v) is 13.9. The molecule has 0 spiro atoms. The molecule has 1 aliphatic heterocycles. The number of ether oxygens (including phenoxy) is 4. The average Bonchev–Trinajstić information content (AvgIpc) is 3.08. The number of rotatable bonds is 5. The number of carbonyl (C=O) groups excluding carboxylic acids is 1. The molecule has 0 saturated heterocycles. The molecule has 0 fully saturated rings. The first kappa shape index (κ1) is 16.0. The van der Waals surface area contributed by atoms with Gasteiger partial charge in [-0.1, -0.05) is 6.07 Å². The molecule has 24 heavy (non-hydrogen) atoms. The number of fused-ring (bicyclic) bond motifs is 1. The standard InChI is InChI=1S/C18H19NO5/c1-19(10-12-4-6-15-17(8-12)24-11-23-15)18(20)13-5-7-14(21-2)16(9-13)22-3/h4-9H,10-11H2,1-3H3. The van der Waals surface area contributed by atoms with E-state index in [1.54, 1.807) is 44.4 Å². The summed E-state index contributed by atoms with van der Waals surface area (Å²) in [5.41, 5.74) is 1.51. The minimum absolute atomic E-state index is 0.103. The molecule has 0 radical (unpaired) electrons. The molecule has 0 atom stereocenters. The van der Waals surface area contributed by atoms with Crippen molar-refractivity contribution in [1.29, 1.82) is 0 Å². The first-order valence-corrected chi connectivity index (χ1v) is 7.48. The van der Waals surface area contributed by atoms with Gasteiger partial charge >= 0.3 is 0 Å². The molecule has 3 rings (SSSR count). The molecular weight excluding hydrogens is 310 g/mol. The van der Waals surface area contributed by atoms with Crippen molar-refractivity contribution in [3.05, 3.63) is 47.5 Å². The van der Waals surface area contributed by atoms with Crippen LogP contribution in [0.25, 0.3) is 0 Å². The van der Waals surface area contributed by atoms with Gasteiger partial charge in [0.15, 0.2) is 23.0 Å². The Balaban J connectivity index is 1.75. The molecule has 6 nitrogen and oxygen atoms in total. The van der Waals surface area contributed by atoms with Gasteiger partial charge in [-0.15, -0.1) is 0 Å². The maximum Gasteiger partial charge on any atom is 0.254 e. The second-order valence-electron chi connectivity index (χ2n) is 5.42. The fourth-order valence-electron chi connectivity index (χ4n) is 2.57. The van der Waals surface area contributed by atoms with Crippen molar-refractivity contribution in [3.8, 4) is 23.0 Å². The van der Waals surface area contributed by atoms with E-state index in [2.05, 4.69) is 0 Å². The SMILES string of the molecule is COc1ccc(C(=O)N(C)Cc2ccc3c(c2)OCO3)cc1OC. The van der Waals surface area contributed by atoms with Crippen LogP contribution in [-0.2, 0) is 6.54 Å². The fraction of sp³-hybridized carbons (Fsp3) is 0.278. The third-order valence-electron chi connectivity index (χ3n) is 3.83. The number of hydrogen-bond acceptors (Lipinski definition) is 5. The highest BCUT2D eigenvalue weighted by Gasteiger charge is 2.17. The van der Waals surface area contributed by atoms with Gasteiger partial charge < -0.3 is 23.8 Å². The third-order valence-corrected chi connectivity index (χ3v) is 3.83. The molecule has 6 heteroatoms. The lowest BCUT2D eigenvalue weighted by Gasteiger charge is -2.18. The number of amides is 1. The van der Waals surface area contributed by atoms with Crippen LogP contribution in [0.15, 0.2) is 36.4 Å². The minimum atomic E-state index is -0.103. The number of carbonyl (C=O) groups is 1. The van der Waals surface area contributed by atoms with Crippen LogP contribution in [0.4, 0.5) is 0 Å². The highest BCUT2D eigenvalue weighted by atomic mass is 16.7. The highest BCUT2D eigenvalue weighted by molar-refractivity contribution is 5.94. The van der Waals surface area contributed by atoms with Crippen molar-refractivity contribution < 1.29 is 23.7 Å². The van der Waals surface area contributed by atoms with Crippen molar-refractivity contribution in [3.63, 3.8) is 0 Å². The topological polar surface area (TPSA) is 57.2 Å². The molecule has 2 aromatic rings. The highest BCUT2D eigenvalue weighted by Crippen LogP contribution is 2.33. The van der Waals surface area contributed by atoms with Crippen LogP contribution in [0.2, 0.25) is 0 Å². The monoisotopic (exact) mass is 329 g/mol. The Morgan fingerprint density at radius 1 is 1.04 bits per heavy atom. The van der Waals surface area contributed by atoms with Gasteiger partial charge in [-0.25, -0.2) is 0 Å². The molecule has 0 bridgehead atoms. The summed E-state index contributed by atoms with van der Waals surface area (Å²) in [6.07, 6.45) is 0. The van der Waals surface area contributed by atoms with E-state index in [1.165, 1.54) is 0 Å². The summed E-state index contributed by atoms with van der Waals surface area (Å²) in [5, 5.41) is 0. The van der Waals surface area contributed by atoms with Crippen LogP contribution in [0.3, 0.4) is 0 Å². The van der Waals surface area contributed by atoms with Gasteiger partial charge in [0, 0.05) is 19.2 Å². The van der Waals surface area contributed by atoms with E-state index in [0.717, 1.165) is 11.3 Å². The zero-order chi connectivity index (χ0) is 17.1. The van der Waals surface area contributed by atoms with Crippen molar-refractivity contribution in [1.82, 2.24) is 4.90 Å². The van der Waals surface area contributed by atoms with Crippen LogP contribution >= 0.6 is 0 Å². The number of methoxy groups -OCH3 is 2.